The number of aromatic nitrogens is 1. The summed E-state index contributed by atoms with van der Waals surface area (Å²) in [6.07, 6.45) is 0. The molecule has 1 aliphatic rings. The number of rotatable bonds is 4. The topological polar surface area (TPSA) is 28.6 Å². The lowest BCUT2D eigenvalue weighted by Gasteiger charge is -2.35. The molecule has 1 aromatic heterocycles. The predicted molar refractivity (Wildman–Crippen MR) is 108 cm³/mol. The van der Waals surface area contributed by atoms with Gasteiger partial charge >= 0.3 is 0 Å². The molecule has 1 saturated heterocycles. The van der Waals surface area contributed by atoms with Crippen molar-refractivity contribution < 1.29 is 9.13 Å². The summed E-state index contributed by atoms with van der Waals surface area (Å²) >= 11 is 0. The maximum absolute atomic E-state index is 13.9. The van der Waals surface area contributed by atoms with Crippen molar-refractivity contribution >= 4 is 16.6 Å². The highest BCUT2D eigenvalue weighted by atomic mass is 19.1. The van der Waals surface area contributed by atoms with Gasteiger partial charge in [0.25, 0.3) is 0 Å². The van der Waals surface area contributed by atoms with E-state index < -0.39 is 0 Å². The van der Waals surface area contributed by atoms with Gasteiger partial charge in [-0.2, -0.15) is 0 Å². The molecule has 0 amide bonds. The van der Waals surface area contributed by atoms with Crippen LogP contribution < -0.4 is 9.64 Å². The van der Waals surface area contributed by atoms with Crippen molar-refractivity contribution in [3.8, 4) is 17.0 Å². The molecule has 3 aromatic rings. The molecule has 5 heteroatoms. The number of likely N-dealkylation sites (N-methyl/N-ethyl adjacent to an activating group) is 1. The number of halogens is 1. The van der Waals surface area contributed by atoms with E-state index in [1.807, 2.05) is 36.4 Å². The van der Waals surface area contributed by atoms with Crippen molar-refractivity contribution in [2.45, 2.75) is 6.92 Å². The van der Waals surface area contributed by atoms with Crippen LogP contribution in [0.1, 0.15) is 6.92 Å². The second-order valence-electron chi connectivity index (χ2n) is 6.85. The molecule has 2 aromatic carbocycles. The molecule has 4 nitrogen and oxygen atoms in total. The Labute approximate surface area is 159 Å². The zero-order valence-electron chi connectivity index (χ0n) is 15.8. The fourth-order valence-electron chi connectivity index (χ4n) is 3.63. The molecular formula is C22H24FN3O. The van der Waals surface area contributed by atoms with Crippen LogP contribution in [0.15, 0.2) is 48.5 Å². The molecule has 1 fully saturated rings. The first kappa shape index (κ1) is 17.7. The van der Waals surface area contributed by atoms with E-state index >= 15 is 0 Å². The van der Waals surface area contributed by atoms with Gasteiger partial charge in [0.2, 0.25) is 0 Å². The molecule has 0 radical (unpaired) electrons. The minimum absolute atomic E-state index is 0.227. The third-order valence-electron chi connectivity index (χ3n) is 5.28. The molecule has 1 aliphatic heterocycles. The van der Waals surface area contributed by atoms with Crippen molar-refractivity contribution in [3.63, 3.8) is 0 Å². The average Bonchev–Trinajstić information content (AvgIpc) is 2.73. The van der Waals surface area contributed by atoms with Crippen LogP contribution in [0.4, 0.5) is 10.2 Å². The molecule has 0 bridgehead atoms. The monoisotopic (exact) mass is 365 g/mol. The quantitative estimate of drug-likeness (QED) is 0.693. The van der Waals surface area contributed by atoms with Gasteiger partial charge < -0.3 is 14.5 Å². The average molecular weight is 365 g/mol. The molecule has 0 spiro atoms. The van der Waals surface area contributed by atoms with Crippen molar-refractivity contribution in [2.75, 3.05) is 44.7 Å². The Morgan fingerprint density at radius 1 is 1.00 bits per heavy atom. The zero-order chi connectivity index (χ0) is 18.8. The summed E-state index contributed by atoms with van der Waals surface area (Å²) < 4.78 is 19.2. The number of methoxy groups -OCH3 is 1. The van der Waals surface area contributed by atoms with Gasteiger partial charge in [-0.15, -0.1) is 0 Å². The Morgan fingerprint density at radius 2 is 1.74 bits per heavy atom. The summed E-state index contributed by atoms with van der Waals surface area (Å²) in [7, 11) is 1.66. The van der Waals surface area contributed by atoms with E-state index in [0.717, 1.165) is 66.3 Å². The standard InChI is InChI=1S/C22H24FN3O/c1-3-25-10-12-26(13-11-25)22-20-15-18(23)7-4-17(20)14-21(24-22)16-5-8-19(27-2)9-6-16/h4-9,14-15H,3,10-13H2,1-2H3. The highest BCUT2D eigenvalue weighted by Crippen LogP contribution is 2.32. The molecule has 0 saturated carbocycles. The fraction of sp³-hybridized carbons (Fsp3) is 0.318. The van der Waals surface area contributed by atoms with Crippen LogP contribution in [0.25, 0.3) is 22.0 Å². The number of pyridine rings is 1. The number of benzene rings is 2. The van der Waals surface area contributed by atoms with Crippen LogP contribution in [0.5, 0.6) is 5.75 Å². The molecular weight excluding hydrogens is 341 g/mol. The Kier molecular flexibility index (Phi) is 4.94. The van der Waals surface area contributed by atoms with Crippen LogP contribution in [0.2, 0.25) is 0 Å². The number of fused-ring (bicyclic) bond motifs is 1. The van der Waals surface area contributed by atoms with Gasteiger partial charge in [-0.25, -0.2) is 9.37 Å². The zero-order valence-corrected chi connectivity index (χ0v) is 15.8. The largest absolute Gasteiger partial charge is 0.497 e. The maximum Gasteiger partial charge on any atom is 0.137 e. The van der Waals surface area contributed by atoms with E-state index in [9.17, 15) is 4.39 Å². The number of ether oxygens (including phenoxy) is 1. The lowest BCUT2D eigenvalue weighted by atomic mass is 10.1. The molecule has 27 heavy (non-hydrogen) atoms. The van der Waals surface area contributed by atoms with Gasteiger partial charge in [0.15, 0.2) is 0 Å². The van der Waals surface area contributed by atoms with Crippen LogP contribution in [0.3, 0.4) is 0 Å². The Hall–Kier alpha value is -2.66. The summed E-state index contributed by atoms with van der Waals surface area (Å²) in [5.41, 5.74) is 1.92. The van der Waals surface area contributed by atoms with E-state index in [0.29, 0.717) is 0 Å². The van der Waals surface area contributed by atoms with E-state index in [-0.39, 0.29) is 5.82 Å². The molecule has 4 rings (SSSR count). The van der Waals surface area contributed by atoms with Gasteiger partial charge in [0.05, 0.1) is 12.8 Å². The van der Waals surface area contributed by atoms with Gasteiger partial charge in [-0.05, 0) is 54.4 Å². The third-order valence-corrected chi connectivity index (χ3v) is 5.28. The predicted octanol–water partition coefficient (Wildman–Crippen LogP) is 4.19. The second-order valence-corrected chi connectivity index (χ2v) is 6.85. The van der Waals surface area contributed by atoms with Crippen LogP contribution in [0, 0.1) is 5.82 Å². The summed E-state index contributed by atoms with van der Waals surface area (Å²) in [5, 5.41) is 1.88. The third kappa shape index (κ3) is 3.60. The number of hydrogen-bond donors (Lipinski definition) is 0. The normalized spacial score (nSPS) is 15.3. The van der Waals surface area contributed by atoms with E-state index in [1.165, 1.54) is 6.07 Å². The van der Waals surface area contributed by atoms with Crippen LogP contribution in [-0.4, -0.2) is 49.7 Å². The molecule has 2 heterocycles. The summed E-state index contributed by atoms with van der Waals surface area (Å²) in [4.78, 5) is 9.64. The molecule has 0 unspecified atom stereocenters. The highest BCUT2D eigenvalue weighted by Gasteiger charge is 2.20. The lowest BCUT2D eigenvalue weighted by Crippen LogP contribution is -2.46. The lowest BCUT2D eigenvalue weighted by molar-refractivity contribution is 0.271. The minimum Gasteiger partial charge on any atom is -0.497 e. The van der Waals surface area contributed by atoms with Crippen molar-refractivity contribution in [1.29, 1.82) is 0 Å². The smallest absolute Gasteiger partial charge is 0.137 e. The van der Waals surface area contributed by atoms with Crippen LogP contribution >= 0.6 is 0 Å². The van der Waals surface area contributed by atoms with Crippen molar-refractivity contribution in [2.24, 2.45) is 0 Å². The molecule has 140 valence electrons. The summed E-state index contributed by atoms with van der Waals surface area (Å²) in [6.45, 7) is 7.05. The fourth-order valence-corrected chi connectivity index (χ4v) is 3.63. The first-order valence-corrected chi connectivity index (χ1v) is 9.40. The number of nitrogens with zero attached hydrogens (tertiary/aromatic N) is 3. The molecule has 0 atom stereocenters. The highest BCUT2D eigenvalue weighted by molar-refractivity contribution is 5.95. The Balaban J connectivity index is 1.78. The van der Waals surface area contributed by atoms with Gasteiger partial charge in [-0.1, -0.05) is 13.0 Å². The second kappa shape index (κ2) is 7.53. The van der Waals surface area contributed by atoms with Gasteiger partial charge in [0, 0.05) is 37.1 Å². The van der Waals surface area contributed by atoms with Crippen molar-refractivity contribution in [1.82, 2.24) is 9.88 Å². The van der Waals surface area contributed by atoms with E-state index in [4.69, 9.17) is 9.72 Å². The molecule has 0 aliphatic carbocycles. The van der Waals surface area contributed by atoms with Crippen LogP contribution in [-0.2, 0) is 0 Å². The Morgan fingerprint density at radius 3 is 2.41 bits per heavy atom. The maximum atomic E-state index is 13.9. The summed E-state index contributed by atoms with van der Waals surface area (Å²) in [5.74, 6) is 1.46. The Bertz CT molecular complexity index is 934. The SMILES string of the molecule is CCN1CCN(c2nc(-c3ccc(OC)cc3)cc3ccc(F)cc23)CC1. The summed E-state index contributed by atoms with van der Waals surface area (Å²) in [6, 6.07) is 14.9. The van der Waals surface area contributed by atoms with Gasteiger partial charge in [0.1, 0.15) is 17.4 Å². The number of piperazine rings is 1. The minimum atomic E-state index is -0.227. The number of anilines is 1. The molecule has 0 N–H and O–H groups in total. The van der Waals surface area contributed by atoms with Crippen molar-refractivity contribution in [3.05, 3.63) is 54.3 Å². The van der Waals surface area contributed by atoms with E-state index in [1.54, 1.807) is 13.2 Å². The van der Waals surface area contributed by atoms with E-state index in [2.05, 4.69) is 16.7 Å². The van der Waals surface area contributed by atoms with Gasteiger partial charge in [-0.3, -0.25) is 0 Å². The first-order chi connectivity index (χ1) is 13.2. The number of hydrogen-bond acceptors (Lipinski definition) is 4. The first-order valence-electron chi connectivity index (χ1n) is 9.40.